The molecule has 1 aliphatic carbocycles. The molecule has 0 amide bonds. The SMILES string of the molecule is CNc1ncc(Br)c(NC2CCc3ccccc3C2)n1. The number of nitrogens with zero attached hydrogens (tertiary/aromatic N) is 2. The lowest BCUT2D eigenvalue weighted by atomic mass is 9.88. The number of benzene rings is 1. The summed E-state index contributed by atoms with van der Waals surface area (Å²) < 4.78 is 0.898. The molecule has 4 nitrogen and oxygen atoms in total. The Morgan fingerprint density at radius 2 is 2.05 bits per heavy atom. The Kier molecular flexibility index (Phi) is 3.87. The fraction of sp³-hybridized carbons (Fsp3) is 0.333. The van der Waals surface area contributed by atoms with Gasteiger partial charge in [-0.15, -0.1) is 0 Å². The predicted octanol–water partition coefficient (Wildman–Crippen LogP) is 3.25. The van der Waals surface area contributed by atoms with Crippen molar-refractivity contribution in [1.29, 1.82) is 0 Å². The van der Waals surface area contributed by atoms with Crippen LogP contribution in [0.2, 0.25) is 0 Å². The van der Waals surface area contributed by atoms with Crippen molar-refractivity contribution in [1.82, 2.24) is 9.97 Å². The van der Waals surface area contributed by atoms with Crippen LogP contribution in [-0.4, -0.2) is 23.1 Å². The van der Waals surface area contributed by atoms with E-state index in [4.69, 9.17) is 0 Å². The lowest BCUT2D eigenvalue weighted by Gasteiger charge is -2.26. The third-order valence-electron chi connectivity index (χ3n) is 3.66. The van der Waals surface area contributed by atoms with Crippen molar-refractivity contribution >= 4 is 27.7 Å². The maximum absolute atomic E-state index is 4.46. The molecule has 1 heterocycles. The first-order valence-electron chi connectivity index (χ1n) is 6.80. The van der Waals surface area contributed by atoms with Crippen LogP contribution in [0, 0.1) is 0 Å². The van der Waals surface area contributed by atoms with E-state index in [1.165, 1.54) is 11.1 Å². The fourth-order valence-electron chi connectivity index (χ4n) is 2.60. The summed E-state index contributed by atoms with van der Waals surface area (Å²) in [6, 6.07) is 9.09. The predicted molar refractivity (Wildman–Crippen MR) is 85.2 cm³/mol. The van der Waals surface area contributed by atoms with Crippen molar-refractivity contribution in [2.45, 2.75) is 25.3 Å². The normalized spacial score (nSPS) is 17.4. The van der Waals surface area contributed by atoms with Gasteiger partial charge in [0.15, 0.2) is 0 Å². The minimum Gasteiger partial charge on any atom is -0.366 e. The molecule has 1 aromatic carbocycles. The number of fused-ring (bicyclic) bond motifs is 1. The molecule has 0 spiro atoms. The van der Waals surface area contributed by atoms with E-state index in [1.54, 1.807) is 6.20 Å². The van der Waals surface area contributed by atoms with E-state index in [0.717, 1.165) is 29.6 Å². The number of aromatic nitrogens is 2. The van der Waals surface area contributed by atoms with Crippen LogP contribution in [0.5, 0.6) is 0 Å². The lowest BCUT2D eigenvalue weighted by Crippen LogP contribution is -2.28. The molecule has 1 atom stereocenters. The second-order valence-corrected chi connectivity index (χ2v) is 5.85. The molecule has 1 aromatic heterocycles. The monoisotopic (exact) mass is 332 g/mol. The molecule has 0 radical (unpaired) electrons. The smallest absolute Gasteiger partial charge is 0.224 e. The van der Waals surface area contributed by atoms with E-state index in [9.17, 15) is 0 Å². The Labute approximate surface area is 127 Å². The third kappa shape index (κ3) is 2.77. The van der Waals surface area contributed by atoms with Gasteiger partial charge >= 0.3 is 0 Å². The topological polar surface area (TPSA) is 49.8 Å². The van der Waals surface area contributed by atoms with Crippen molar-refractivity contribution in [3.05, 3.63) is 46.1 Å². The number of anilines is 2. The Hall–Kier alpha value is -1.62. The average molecular weight is 333 g/mol. The van der Waals surface area contributed by atoms with Gasteiger partial charge in [-0.25, -0.2) is 4.98 Å². The van der Waals surface area contributed by atoms with Crippen LogP contribution in [0.15, 0.2) is 34.9 Å². The average Bonchev–Trinajstić information content (AvgIpc) is 2.49. The summed E-state index contributed by atoms with van der Waals surface area (Å²) >= 11 is 3.50. The fourth-order valence-corrected chi connectivity index (χ4v) is 2.91. The van der Waals surface area contributed by atoms with Gasteiger partial charge in [0.1, 0.15) is 5.82 Å². The molecule has 1 aliphatic rings. The molecule has 0 bridgehead atoms. The maximum Gasteiger partial charge on any atom is 0.224 e. The maximum atomic E-state index is 4.46. The number of halogens is 1. The Morgan fingerprint density at radius 3 is 2.85 bits per heavy atom. The summed E-state index contributed by atoms with van der Waals surface area (Å²) in [5.41, 5.74) is 2.92. The summed E-state index contributed by atoms with van der Waals surface area (Å²) in [6.45, 7) is 0. The van der Waals surface area contributed by atoms with Gasteiger partial charge in [-0.05, 0) is 46.3 Å². The molecule has 3 rings (SSSR count). The van der Waals surface area contributed by atoms with Crippen LogP contribution in [0.4, 0.5) is 11.8 Å². The molecule has 0 saturated heterocycles. The van der Waals surface area contributed by atoms with Gasteiger partial charge in [-0.3, -0.25) is 0 Å². The minimum atomic E-state index is 0.417. The summed E-state index contributed by atoms with van der Waals surface area (Å²) in [6.07, 6.45) is 5.07. The quantitative estimate of drug-likeness (QED) is 0.905. The van der Waals surface area contributed by atoms with Crippen molar-refractivity contribution in [2.75, 3.05) is 17.7 Å². The zero-order valence-corrected chi connectivity index (χ0v) is 12.9. The Bertz CT molecular complexity index is 615. The highest BCUT2D eigenvalue weighted by Crippen LogP contribution is 2.26. The largest absolute Gasteiger partial charge is 0.366 e. The zero-order valence-electron chi connectivity index (χ0n) is 11.4. The van der Waals surface area contributed by atoms with E-state index in [-0.39, 0.29) is 0 Å². The minimum absolute atomic E-state index is 0.417. The van der Waals surface area contributed by atoms with Crippen LogP contribution in [-0.2, 0) is 12.8 Å². The highest BCUT2D eigenvalue weighted by molar-refractivity contribution is 9.10. The molecule has 1 unspecified atom stereocenters. The van der Waals surface area contributed by atoms with E-state index in [2.05, 4.69) is 60.8 Å². The lowest BCUT2D eigenvalue weighted by molar-refractivity contribution is 0.608. The van der Waals surface area contributed by atoms with Crippen molar-refractivity contribution < 1.29 is 0 Å². The van der Waals surface area contributed by atoms with Gasteiger partial charge in [-0.2, -0.15) is 4.98 Å². The van der Waals surface area contributed by atoms with Gasteiger partial charge in [0.25, 0.3) is 0 Å². The summed E-state index contributed by atoms with van der Waals surface area (Å²) in [4.78, 5) is 8.64. The standard InChI is InChI=1S/C15H17BrN4/c1-17-15-18-9-13(16)14(20-15)19-12-7-6-10-4-2-3-5-11(10)8-12/h2-5,9,12H,6-8H2,1H3,(H2,17,18,19,20). The van der Waals surface area contributed by atoms with Gasteiger partial charge in [-0.1, -0.05) is 24.3 Å². The number of hydrogen-bond donors (Lipinski definition) is 2. The molecule has 5 heteroatoms. The second-order valence-electron chi connectivity index (χ2n) is 4.99. The molecule has 0 aliphatic heterocycles. The van der Waals surface area contributed by atoms with Crippen molar-refractivity contribution in [3.63, 3.8) is 0 Å². The summed E-state index contributed by atoms with van der Waals surface area (Å²) in [5, 5.41) is 6.49. The number of rotatable bonds is 3. The first kappa shape index (κ1) is 13.4. The molecule has 20 heavy (non-hydrogen) atoms. The highest BCUT2D eigenvalue weighted by atomic mass is 79.9. The zero-order chi connectivity index (χ0) is 13.9. The van der Waals surface area contributed by atoms with Gasteiger partial charge in [0, 0.05) is 19.3 Å². The summed E-state index contributed by atoms with van der Waals surface area (Å²) in [7, 11) is 1.82. The third-order valence-corrected chi connectivity index (χ3v) is 4.24. The molecule has 0 saturated carbocycles. The van der Waals surface area contributed by atoms with Gasteiger partial charge < -0.3 is 10.6 Å². The molecular weight excluding hydrogens is 316 g/mol. The van der Waals surface area contributed by atoms with Crippen molar-refractivity contribution in [3.8, 4) is 0 Å². The van der Waals surface area contributed by atoms with Gasteiger partial charge in [0.05, 0.1) is 4.47 Å². The van der Waals surface area contributed by atoms with Crippen molar-refractivity contribution in [2.24, 2.45) is 0 Å². The Morgan fingerprint density at radius 1 is 1.25 bits per heavy atom. The molecule has 2 N–H and O–H groups in total. The first-order chi connectivity index (χ1) is 9.76. The summed E-state index contributed by atoms with van der Waals surface area (Å²) in [5.74, 6) is 1.49. The molecule has 104 valence electrons. The Balaban J connectivity index is 1.76. The number of hydrogen-bond acceptors (Lipinski definition) is 4. The van der Waals surface area contributed by atoms with E-state index in [0.29, 0.717) is 12.0 Å². The van der Waals surface area contributed by atoms with Crippen LogP contribution < -0.4 is 10.6 Å². The second kappa shape index (κ2) is 5.79. The van der Waals surface area contributed by atoms with Crippen LogP contribution in [0.3, 0.4) is 0 Å². The van der Waals surface area contributed by atoms with E-state index < -0.39 is 0 Å². The van der Waals surface area contributed by atoms with E-state index in [1.807, 2.05) is 7.05 Å². The molecular formula is C15H17BrN4. The van der Waals surface area contributed by atoms with E-state index >= 15 is 0 Å². The first-order valence-corrected chi connectivity index (χ1v) is 7.59. The number of nitrogens with one attached hydrogen (secondary N) is 2. The molecule has 2 aromatic rings. The van der Waals surface area contributed by atoms with Crippen LogP contribution >= 0.6 is 15.9 Å². The van der Waals surface area contributed by atoms with Crippen LogP contribution in [0.1, 0.15) is 17.5 Å². The molecule has 0 fully saturated rings. The van der Waals surface area contributed by atoms with Gasteiger partial charge in [0.2, 0.25) is 5.95 Å². The van der Waals surface area contributed by atoms with Crippen LogP contribution in [0.25, 0.3) is 0 Å². The number of aryl methyl sites for hydroxylation is 1. The highest BCUT2D eigenvalue weighted by Gasteiger charge is 2.19.